The molecule has 0 saturated carbocycles. The Labute approximate surface area is 66.2 Å². The SMILES string of the molecule is CN(C[C@@H]1CCNC1)C(=O)O. The molecule has 0 bridgehead atoms. The van der Waals surface area contributed by atoms with E-state index < -0.39 is 6.09 Å². The Morgan fingerprint density at radius 1 is 1.82 bits per heavy atom. The number of hydrogen-bond donors (Lipinski definition) is 2. The molecule has 4 nitrogen and oxygen atoms in total. The van der Waals surface area contributed by atoms with E-state index in [9.17, 15) is 4.79 Å². The molecule has 1 saturated heterocycles. The Kier molecular flexibility index (Phi) is 2.70. The van der Waals surface area contributed by atoms with Gasteiger partial charge in [0.05, 0.1) is 0 Å². The van der Waals surface area contributed by atoms with Gasteiger partial charge >= 0.3 is 6.09 Å². The van der Waals surface area contributed by atoms with E-state index in [2.05, 4.69) is 5.32 Å². The summed E-state index contributed by atoms with van der Waals surface area (Å²) < 4.78 is 0. The smallest absolute Gasteiger partial charge is 0.407 e. The lowest BCUT2D eigenvalue weighted by Gasteiger charge is -2.16. The highest BCUT2D eigenvalue weighted by Crippen LogP contribution is 2.08. The van der Waals surface area contributed by atoms with Crippen LogP contribution in [0.15, 0.2) is 0 Å². The molecule has 0 aromatic heterocycles. The molecule has 0 unspecified atom stereocenters. The molecular weight excluding hydrogens is 144 g/mol. The van der Waals surface area contributed by atoms with Crippen LogP contribution in [0.25, 0.3) is 0 Å². The molecule has 64 valence electrons. The van der Waals surface area contributed by atoms with E-state index in [1.54, 1.807) is 7.05 Å². The molecule has 1 aliphatic heterocycles. The van der Waals surface area contributed by atoms with Gasteiger partial charge in [-0.05, 0) is 25.4 Å². The van der Waals surface area contributed by atoms with E-state index in [1.165, 1.54) is 4.90 Å². The van der Waals surface area contributed by atoms with Crippen LogP contribution in [0, 0.1) is 5.92 Å². The zero-order valence-electron chi connectivity index (χ0n) is 6.71. The molecule has 0 aliphatic carbocycles. The molecule has 1 fully saturated rings. The van der Waals surface area contributed by atoms with Crippen molar-refractivity contribution >= 4 is 6.09 Å². The zero-order chi connectivity index (χ0) is 8.27. The lowest BCUT2D eigenvalue weighted by molar-refractivity contribution is 0.150. The van der Waals surface area contributed by atoms with E-state index in [0.29, 0.717) is 12.5 Å². The third-order valence-corrected chi connectivity index (χ3v) is 2.02. The summed E-state index contributed by atoms with van der Waals surface area (Å²) in [6.45, 7) is 2.64. The van der Waals surface area contributed by atoms with Crippen LogP contribution in [0.2, 0.25) is 0 Å². The van der Waals surface area contributed by atoms with Gasteiger partial charge in [-0.1, -0.05) is 0 Å². The normalized spacial score (nSPS) is 23.5. The largest absolute Gasteiger partial charge is 0.465 e. The highest BCUT2D eigenvalue weighted by molar-refractivity contribution is 5.64. The summed E-state index contributed by atoms with van der Waals surface area (Å²) in [6.07, 6.45) is 0.259. The monoisotopic (exact) mass is 158 g/mol. The quantitative estimate of drug-likeness (QED) is 0.604. The second kappa shape index (κ2) is 3.57. The highest BCUT2D eigenvalue weighted by Gasteiger charge is 2.17. The Bertz CT molecular complexity index is 143. The van der Waals surface area contributed by atoms with Crippen molar-refractivity contribution in [2.75, 3.05) is 26.7 Å². The van der Waals surface area contributed by atoms with Gasteiger partial charge < -0.3 is 15.3 Å². The molecule has 1 heterocycles. The first-order valence-electron chi connectivity index (χ1n) is 3.85. The average molecular weight is 158 g/mol. The van der Waals surface area contributed by atoms with E-state index in [-0.39, 0.29) is 0 Å². The maximum absolute atomic E-state index is 10.4. The van der Waals surface area contributed by atoms with Crippen LogP contribution < -0.4 is 5.32 Å². The summed E-state index contributed by atoms with van der Waals surface area (Å²) in [5, 5.41) is 11.7. The summed E-state index contributed by atoms with van der Waals surface area (Å²) in [5.74, 6) is 0.510. The fourth-order valence-corrected chi connectivity index (χ4v) is 1.34. The Balaban J connectivity index is 2.23. The lowest BCUT2D eigenvalue weighted by atomic mass is 10.1. The van der Waals surface area contributed by atoms with Crippen LogP contribution in [0.1, 0.15) is 6.42 Å². The number of rotatable bonds is 2. The predicted octanol–water partition coefficient (Wildman–Crippen LogP) is 0.206. The molecule has 11 heavy (non-hydrogen) atoms. The van der Waals surface area contributed by atoms with Gasteiger partial charge in [-0.25, -0.2) is 4.79 Å². The molecule has 4 heteroatoms. The minimum Gasteiger partial charge on any atom is -0.465 e. The summed E-state index contributed by atoms with van der Waals surface area (Å²) in [5.41, 5.74) is 0. The summed E-state index contributed by atoms with van der Waals surface area (Å²) >= 11 is 0. The molecule has 0 aromatic rings. The molecule has 1 amide bonds. The van der Waals surface area contributed by atoms with Crippen LogP contribution in [0.4, 0.5) is 4.79 Å². The van der Waals surface area contributed by atoms with Crippen molar-refractivity contribution in [2.24, 2.45) is 5.92 Å². The molecule has 0 spiro atoms. The first-order valence-corrected chi connectivity index (χ1v) is 3.85. The van der Waals surface area contributed by atoms with Gasteiger partial charge in [0.1, 0.15) is 0 Å². The second-order valence-corrected chi connectivity index (χ2v) is 3.02. The molecule has 2 N–H and O–H groups in total. The summed E-state index contributed by atoms with van der Waals surface area (Å²) in [7, 11) is 1.61. The number of amides is 1. The van der Waals surface area contributed by atoms with Gasteiger partial charge in [0.15, 0.2) is 0 Å². The minimum absolute atomic E-state index is 0.510. The van der Waals surface area contributed by atoms with Crippen molar-refractivity contribution in [1.82, 2.24) is 10.2 Å². The zero-order valence-corrected chi connectivity index (χ0v) is 6.71. The number of nitrogens with one attached hydrogen (secondary N) is 1. The van der Waals surface area contributed by atoms with Crippen LogP contribution in [0.3, 0.4) is 0 Å². The molecular formula is C7H14N2O2. The van der Waals surface area contributed by atoms with Crippen LogP contribution >= 0.6 is 0 Å². The molecule has 1 atom stereocenters. The van der Waals surface area contributed by atoms with Gasteiger partial charge in [0.2, 0.25) is 0 Å². The maximum atomic E-state index is 10.4. The first-order chi connectivity index (χ1) is 5.20. The molecule has 0 aromatic carbocycles. The van der Waals surface area contributed by atoms with Crippen molar-refractivity contribution in [1.29, 1.82) is 0 Å². The number of carboxylic acid groups (broad SMARTS) is 1. The fraction of sp³-hybridized carbons (Fsp3) is 0.857. The number of nitrogens with zero attached hydrogens (tertiary/aromatic N) is 1. The van der Waals surface area contributed by atoms with Crippen molar-refractivity contribution in [3.63, 3.8) is 0 Å². The Morgan fingerprint density at radius 2 is 2.55 bits per heavy atom. The van der Waals surface area contributed by atoms with Gasteiger partial charge in [-0.15, -0.1) is 0 Å². The predicted molar refractivity (Wildman–Crippen MR) is 41.6 cm³/mol. The Hall–Kier alpha value is -0.770. The average Bonchev–Trinajstić information content (AvgIpc) is 2.39. The van der Waals surface area contributed by atoms with Gasteiger partial charge in [-0.2, -0.15) is 0 Å². The van der Waals surface area contributed by atoms with E-state index in [4.69, 9.17) is 5.11 Å². The number of hydrogen-bond acceptors (Lipinski definition) is 2. The second-order valence-electron chi connectivity index (χ2n) is 3.02. The molecule has 0 radical (unpaired) electrons. The lowest BCUT2D eigenvalue weighted by Crippen LogP contribution is -2.31. The topological polar surface area (TPSA) is 52.6 Å². The molecule has 1 aliphatic rings. The number of carbonyl (C=O) groups is 1. The molecule has 1 rings (SSSR count). The third-order valence-electron chi connectivity index (χ3n) is 2.02. The van der Waals surface area contributed by atoms with E-state index in [1.807, 2.05) is 0 Å². The summed E-state index contributed by atoms with van der Waals surface area (Å²) in [6, 6.07) is 0. The Morgan fingerprint density at radius 3 is 3.00 bits per heavy atom. The van der Waals surface area contributed by atoms with Crippen LogP contribution in [0.5, 0.6) is 0 Å². The van der Waals surface area contributed by atoms with Gasteiger partial charge in [0, 0.05) is 13.6 Å². The van der Waals surface area contributed by atoms with Crippen molar-refractivity contribution in [2.45, 2.75) is 6.42 Å². The first kappa shape index (κ1) is 8.33. The standard InChI is InChI=1S/C7H14N2O2/c1-9(7(10)11)5-6-2-3-8-4-6/h6,8H,2-5H2,1H3,(H,10,11)/t6-/m1/s1. The maximum Gasteiger partial charge on any atom is 0.407 e. The van der Waals surface area contributed by atoms with Crippen molar-refractivity contribution in [3.8, 4) is 0 Å². The van der Waals surface area contributed by atoms with E-state index in [0.717, 1.165) is 19.5 Å². The van der Waals surface area contributed by atoms with Crippen molar-refractivity contribution < 1.29 is 9.90 Å². The van der Waals surface area contributed by atoms with Crippen LogP contribution in [-0.2, 0) is 0 Å². The van der Waals surface area contributed by atoms with Crippen LogP contribution in [-0.4, -0.2) is 42.8 Å². The minimum atomic E-state index is -0.836. The van der Waals surface area contributed by atoms with Gasteiger partial charge in [0.25, 0.3) is 0 Å². The van der Waals surface area contributed by atoms with Crippen molar-refractivity contribution in [3.05, 3.63) is 0 Å². The fourth-order valence-electron chi connectivity index (χ4n) is 1.34. The van der Waals surface area contributed by atoms with E-state index >= 15 is 0 Å². The van der Waals surface area contributed by atoms with Gasteiger partial charge in [-0.3, -0.25) is 0 Å². The third kappa shape index (κ3) is 2.38. The highest BCUT2D eigenvalue weighted by atomic mass is 16.4. The summed E-state index contributed by atoms with van der Waals surface area (Å²) in [4.78, 5) is 11.7.